The van der Waals surface area contributed by atoms with Crippen LogP contribution in [0.25, 0.3) is 5.69 Å². The van der Waals surface area contributed by atoms with Crippen LogP contribution in [0.1, 0.15) is 44.4 Å². The standard InChI is InChI=1S/C18H23ClN4/c1-13-8-7-9-14(2)22(13)20-12-17-15(3)21-23(18(17)19)16-10-5-4-6-11-16/h4-6,10-14H,7-9H2,1-3H3/b20-12-/t13-,14-/m0/s1. The minimum atomic E-state index is 0.471. The SMILES string of the molecule is Cc1nn(-c2ccccc2)c(Cl)c1/C=N\N1[C@@H](C)CCC[C@@H]1C. The van der Waals surface area contributed by atoms with Crippen LogP contribution in [0.3, 0.4) is 0 Å². The van der Waals surface area contributed by atoms with Gasteiger partial charge in [0.25, 0.3) is 0 Å². The summed E-state index contributed by atoms with van der Waals surface area (Å²) in [5.41, 5.74) is 2.74. The maximum Gasteiger partial charge on any atom is 0.142 e. The Balaban J connectivity index is 1.89. The number of benzene rings is 1. The van der Waals surface area contributed by atoms with E-state index in [2.05, 4.69) is 24.0 Å². The Morgan fingerprint density at radius 3 is 2.48 bits per heavy atom. The minimum absolute atomic E-state index is 0.471. The molecule has 1 aliphatic rings. The molecule has 0 spiro atoms. The van der Waals surface area contributed by atoms with Gasteiger partial charge in [-0.05, 0) is 52.2 Å². The van der Waals surface area contributed by atoms with E-state index in [0.29, 0.717) is 17.2 Å². The quantitative estimate of drug-likeness (QED) is 0.780. The fourth-order valence-corrected chi connectivity index (χ4v) is 3.48. The molecule has 0 radical (unpaired) electrons. The van der Waals surface area contributed by atoms with Crippen LogP contribution in [-0.2, 0) is 0 Å². The first-order chi connectivity index (χ1) is 11.1. The Labute approximate surface area is 142 Å². The monoisotopic (exact) mass is 330 g/mol. The third-order valence-electron chi connectivity index (χ3n) is 4.52. The van der Waals surface area contributed by atoms with Crippen LogP contribution >= 0.6 is 11.6 Å². The summed E-state index contributed by atoms with van der Waals surface area (Å²) in [6.45, 7) is 6.43. The number of rotatable bonds is 3. The first-order valence-electron chi connectivity index (χ1n) is 8.20. The number of piperidine rings is 1. The number of hydrogen-bond acceptors (Lipinski definition) is 3. The lowest BCUT2D eigenvalue weighted by Crippen LogP contribution is -2.39. The molecule has 1 aromatic heterocycles. The molecule has 23 heavy (non-hydrogen) atoms. The molecule has 122 valence electrons. The van der Waals surface area contributed by atoms with Gasteiger partial charge in [0.05, 0.1) is 23.2 Å². The predicted octanol–water partition coefficient (Wildman–Crippen LogP) is 4.43. The molecule has 2 aromatic rings. The van der Waals surface area contributed by atoms with E-state index >= 15 is 0 Å². The second kappa shape index (κ2) is 6.75. The number of aryl methyl sites for hydroxylation is 1. The third-order valence-corrected chi connectivity index (χ3v) is 4.88. The molecule has 0 unspecified atom stereocenters. The Bertz CT molecular complexity index is 683. The summed E-state index contributed by atoms with van der Waals surface area (Å²) in [5, 5.41) is 12.1. The van der Waals surface area contributed by atoms with Crippen molar-refractivity contribution in [1.29, 1.82) is 0 Å². The van der Waals surface area contributed by atoms with Crippen LogP contribution in [0.15, 0.2) is 35.4 Å². The van der Waals surface area contributed by atoms with Crippen molar-refractivity contribution in [3.05, 3.63) is 46.7 Å². The molecule has 1 saturated heterocycles. The number of para-hydroxylation sites is 1. The highest BCUT2D eigenvalue weighted by Crippen LogP contribution is 2.25. The Morgan fingerprint density at radius 1 is 1.17 bits per heavy atom. The molecular formula is C18H23ClN4. The molecule has 0 aliphatic carbocycles. The van der Waals surface area contributed by atoms with E-state index in [9.17, 15) is 0 Å². The van der Waals surface area contributed by atoms with E-state index in [1.165, 1.54) is 19.3 Å². The summed E-state index contributed by atoms with van der Waals surface area (Å²) in [5.74, 6) is 0. The van der Waals surface area contributed by atoms with Crippen LogP contribution in [0.5, 0.6) is 0 Å². The molecule has 0 saturated carbocycles. The van der Waals surface area contributed by atoms with Gasteiger partial charge in [0.2, 0.25) is 0 Å². The van der Waals surface area contributed by atoms with Gasteiger partial charge in [-0.15, -0.1) is 0 Å². The van der Waals surface area contributed by atoms with Gasteiger partial charge in [0.15, 0.2) is 0 Å². The third kappa shape index (κ3) is 3.27. The van der Waals surface area contributed by atoms with E-state index < -0.39 is 0 Å². The lowest BCUT2D eigenvalue weighted by Gasteiger charge is -2.36. The van der Waals surface area contributed by atoms with Crippen LogP contribution in [0, 0.1) is 6.92 Å². The summed E-state index contributed by atoms with van der Waals surface area (Å²) in [6.07, 6.45) is 5.53. The molecule has 2 heterocycles. The van der Waals surface area contributed by atoms with E-state index in [4.69, 9.17) is 16.7 Å². The van der Waals surface area contributed by atoms with Crippen LogP contribution in [-0.4, -0.2) is 33.1 Å². The smallest absolute Gasteiger partial charge is 0.142 e. The van der Waals surface area contributed by atoms with Gasteiger partial charge < -0.3 is 0 Å². The van der Waals surface area contributed by atoms with Gasteiger partial charge >= 0.3 is 0 Å². The highest BCUT2D eigenvalue weighted by molar-refractivity contribution is 6.32. The lowest BCUT2D eigenvalue weighted by molar-refractivity contribution is 0.109. The summed E-state index contributed by atoms with van der Waals surface area (Å²) >= 11 is 6.55. The second-order valence-corrected chi connectivity index (χ2v) is 6.65. The highest BCUT2D eigenvalue weighted by Gasteiger charge is 2.23. The average Bonchev–Trinajstić information content (AvgIpc) is 2.83. The van der Waals surface area contributed by atoms with Crippen molar-refractivity contribution < 1.29 is 0 Å². The average molecular weight is 331 g/mol. The predicted molar refractivity (Wildman–Crippen MR) is 95.5 cm³/mol. The zero-order valence-electron chi connectivity index (χ0n) is 13.9. The topological polar surface area (TPSA) is 33.4 Å². The van der Waals surface area contributed by atoms with Gasteiger partial charge in [-0.25, -0.2) is 4.68 Å². The van der Waals surface area contributed by atoms with Crippen molar-refractivity contribution in [3.8, 4) is 5.69 Å². The number of hydrogen-bond donors (Lipinski definition) is 0. The van der Waals surface area contributed by atoms with Crippen molar-refractivity contribution in [2.24, 2.45) is 5.10 Å². The molecule has 5 heteroatoms. The van der Waals surface area contributed by atoms with Crippen molar-refractivity contribution in [2.75, 3.05) is 0 Å². The lowest BCUT2D eigenvalue weighted by atomic mass is 10.00. The van der Waals surface area contributed by atoms with E-state index in [1.54, 1.807) is 4.68 Å². The summed E-state index contributed by atoms with van der Waals surface area (Å²) < 4.78 is 1.77. The molecule has 1 aromatic carbocycles. The van der Waals surface area contributed by atoms with Crippen molar-refractivity contribution in [1.82, 2.24) is 14.8 Å². The van der Waals surface area contributed by atoms with Crippen molar-refractivity contribution in [2.45, 2.75) is 52.1 Å². The van der Waals surface area contributed by atoms with E-state index in [0.717, 1.165) is 16.9 Å². The second-order valence-electron chi connectivity index (χ2n) is 6.29. The first-order valence-corrected chi connectivity index (χ1v) is 8.58. The van der Waals surface area contributed by atoms with Crippen LogP contribution < -0.4 is 0 Å². The molecule has 4 nitrogen and oxygen atoms in total. The van der Waals surface area contributed by atoms with Crippen LogP contribution in [0.4, 0.5) is 0 Å². The molecule has 1 fully saturated rings. The van der Waals surface area contributed by atoms with Crippen molar-refractivity contribution in [3.63, 3.8) is 0 Å². The summed E-state index contributed by atoms with van der Waals surface area (Å²) in [7, 11) is 0. The van der Waals surface area contributed by atoms with Gasteiger partial charge in [0, 0.05) is 12.1 Å². The largest absolute Gasteiger partial charge is 0.292 e. The van der Waals surface area contributed by atoms with Gasteiger partial charge in [-0.1, -0.05) is 29.8 Å². The minimum Gasteiger partial charge on any atom is -0.292 e. The Kier molecular flexibility index (Phi) is 4.71. The number of nitrogens with zero attached hydrogens (tertiary/aromatic N) is 4. The molecule has 0 N–H and O–H groups in total. The van der Waals surface area contributed by atoms with E-state index in [-0.39, 0.29) is 0 Å². The van der Waals surface area contributed by atoms with Crippen molar-refractivity contribution >= 4 is 17.8 Å². The maximum absolute atomic E-state index is 6.55. The molecule has 1 aliphatic heterocycles. The highest BCUT2D eigenvalue weighted by atomic mass is 35.5. The zero-order valence-corrected chi connectivity index (χ0v) is 14.7. The fraction of sp³-hybridized carbons (Fsp3) is 0.444. The number of aromatic nitrogens is 2. The fourth-order valence-electron chi connectivity index (χ4n) is 3.16. The molecule has 2 atom stereocenters. The van der Waals surface area contributed by atoms with Gasteiger partial charge in [-0.3, -0.25) is 5.01 Å². The van der Waals surface area contributed by atoms with Gasteiger partial charge in [-0.2, -0.15) is 10.2 Å². The summed E-state index contributed by atoms with van der Waals surface area (Å²) in [4.78, 5) is 0. The summed E-state index contributed by atoms with van der Waals surface area (Å²) in [6, 6.07) is 10.9. The first kappa shape index (κ1) is 16.1. The van der Waals surface area contributed by atoms with Crippen LogP contribution in [0.2, 0.25) is 5.15 Å². The Hall–Kier alpha value is -1.81. The van der Waals surface area contributed by atoms with Gasteiger partial charge in [0.1, 0.15) is 5.15 Å². The Morgan fingerprint density at radius 2 is 1.83 bits per heavy atom. The molecular weight excluding hydrogens is 308 g/mol. The molecule has 3 rings (SSSR count). The molecule has 0 bridgehead atoms. The zero-order chi connectivity index (χ0) is 16.4. The maximum atomic E-state index is 6.55. The normalized spacial score (nSPS) is 22.0. The number of halogens is 1. The molecule has 0 amide bonds. The van der Waals surface area contributed by atoms with E-state index in [1.807, 2.05) is 43.5 Å². The number of hydrazone groups is 1.